The van der Waals surface area contributed by atoms with Crippen LogP contribution in [-0.4, -0.2) is 43.3 Å². The van der Waals surface area contributed by atoms with E-state index in [0.717, 1.165) is 37.2 Å². The molecule has 1 aliphatic rings. The maximum absolute atomic E-state index is 6.02. The van der Waals surface area contributed by atoms with E-state index in [1.165, 1.54) is 5.56 Å². The van der Waals surface area contributed by atoms with Crippen molar-refractivity contribution < 1.29 is 4.74 Å². The SMILES string of the molecule is CC(CN)(Cc1ccc(Br)cc1)N1CCOCC1. The summed E-state index contributed by atoms with van der Waals surface area (Å²) in [5.41, 5.74) is 7.38. The number of benzene rings is 1. The van der Waals surface area contributed by atoms with Crippen molar-refractivity contribution in [1.29, 1.82) is 0 Å². The number of nitrogens with zero attached hydrogens (tertiary/aromatic N) is 1. The Bertz CT molecular complexity index is 376. The largest absolute Gasteiger partial charge is 0.379 e. The molecule has 0 spiro atoms. The van der Waals surface area contributed by atoms with Gasteiger partial charge in [0.25, 0.3) is 0 Å². The Morgan fingerprint density at radius 1 is 1.28 bits per heavy atom. The average molecular weight is 313 g/mol. The summed E-state index contributed by atoms with van der Waals surface area (Å²) in [5.74, 6) is 0. The number of halogens is 1. The fourth-order valence-corrected chi connectivity index (χ4v) is 2.72. The minimum atomic E-state index is 0.0254. The van der Waals surface area contributed by atoms with E-state index in [-0.39, 0.29) is 5.54 Å². The number of nitrogens with two attached hydrogens (primary N) is 1. The molecular formula is C14H21BrN2O. The average Bonchev–Trinajstić information content (AvgIpc) is 2.42. The minimum absolute atomic E-state index is 0.0254. The molecule has 18 heavy (non-hydrogen) atoms. The normalized spacial score (nSPS) is 20.6. The van der Waals surface area contributed by atoms with Crippen LogP contribution in [0.2, 0.25) is 0 Å². The molecule has 0 amide bonds. The predicted molar refractivity (Wildman–Crippen MR) is 77.7 cm³/mol. The van der Waals surface area contributed by atoms with Gasteiger partial charge in [0.15, 0.2) is 0 Å². The quantitative estimate of drug-likeness (QED) is 0.924. The summed E-state index contributed by atoms with van der Waals surface area (Å²) in [6.07, 6.45) is 0.983. The van der Waals surface area contributed by atoms with Gasteiger partial charge in [0.05, 0.1) is 13.2 Å². The summed E-state index contributed by atoms with van der Waals surface area (Å²) in [6.45, 7) is 6.50. The Kier molecular flexibility index (Phi) is 4.78. The molecule has 0 aromatic heterocycles. The van der Waals surface area contributed by atoms with Crippen LogP contribution in [-0.2, 0) is 11.2 Å². The minimum Gasteiger partial charge on any atom is -0.379 e. The highest BCUT2D eigenvalue weighted by molar-refractivity contribution is 9.10. The topological polar surface area (TPSA) is 38.5 Å². The van der Waals surface area contributed by atoms with Crippen LogP contribution >= 0.6 is 15.9 Å². The van der Waals surface area contributed by atoms with Gasteiger partial charge in [-0.3, -0.25) is 4.90 Å². The zero-order valence-electron chi connectivity index (χ0n) is 10.9. The van der Waals surface area contributed by atoms with E-state index in [1.807, 2.05) is 0 Å². The van der Waals surface area contributed by atoms with Gasteiger partial charge in [-0.15, -0.1) is 0 Å². The number of ether oxygens (including phenoxy) is 1. The lowest BCUT2D eigenvalue weighted by molar-refractivity contribution is -0.0132. The number of morpholine rings is 1. The molecule has 1 fully saturated rings. The van der Waals surface area contributed by atoms with E-state index >= 15 is 0 Å². The molecule has 1 saturated heterocycles. The Morgan fingerprint density at radius 2 is 1.89 bits per heavy atom. The first-order chi connectivity index (χ1) is 8.64. The van der Waals surface area contributed by atoms with Crippen LogP contribution in [0.15, 0.2) is 28.7 Å². The van der Waals surface area contributed by atoms with Crippen molar-refractivity contribution in [2.24, 2.45) is 5.73 Å². The molecule has 0 bridgehead atoms. The third-order valence-corrected chi connectivity index (χ3v) is 4.24. The van der Waals surface area contributed by atoms with Crippen LogP contribution < -0.4 is 5.73 Å². The van der Waals surface area contributed by atoms with E-state index < -0.39 is 0 Å². The number of rotatable bonds is 4. The van der Waals surface area contributed by atoms with Crippen molar-refractivity contribution >= 4 is 15.9 Å². The molecule has 0 aliphatic carbocycles. The lowest BCUT2D eigenvalue weighted by Gasteiger charge is -2.43. The number of hydrogen-bond donors (Lipinski definition) is 1. The van der Waals surface area contributed by atoms with Crippen LogP contribution in [0, 0.1) is 0 Å². The van der Waals surface area contributed by atoms with Gasteiger partial charge in [-0.25, -0.2) is 0 Å². The fraction of sp³-hybridized carbons (Fsp3) is 0.571. The third kappa shape index (κ3) is 3.32. The molecular weight excluding hydrogens is 292 g/mol. The van der Waals surface area contributed by atoms with E-state index in [9.17, 15) is 0 Å². The van der Waals surface area contributed by atoms with Crippen molar-refractivity contribution in [2.45, 2.75) is 18.9 Å². The van der Waals surface area contributed by atoms with E-state index in [4.69, 9.17) is 10.5 Å². The van der Waals surface area contributed by atoms with Crippen LogP contribution in [0.25, 0.3) is 0 Å². The van der Waals surface area contributed by atoms with Gasteiger partial charge in [0.2, 0.25) is 0 Å². The van der Waals surface area contributed by atoms with Gasteiger partial charge < -0.3 is 10.5 Å². The fourth-order valence-electron chi connectivity index (χ4n) is 2.46. The Morgan fingerprint density at radius 3 is 2.44 bits per heavy atom. The molecule has 1 aromatic rings. The molecule has 2 rings (SSSR count). The second-order valence-electron chi connectivity index (χ2n) is 5.10. The molecule has 1 atom stereocenters. The highest BCUT2D eigenvalue weighted by Crippen LogP contribution is 2.22. The van der Waals surface area contributed by atoms with Crippen LogP contribution in [0.3, 0.4) is 0 Å². The standard InChI is InChI=1S/C14H21BrN2O/c1-14(11-16,17-6-8-18-9-7-17)10-12-2-4-13(15)5-3-12/h2-5H,6-11,16H2,1H3. The maximum atomic E-state index is 6.02. The smallest absolute Gasteiger partial charge is 0.0594 e. The monoisotopic (exact) mass is 312 g/mol. The summed E-state index contributed by atoms with van der Waals surface area (Å²) in [5, 5.41) is 0. The van der Waals surface area contributed by atoms with Crippen LogP contribution in [0.5, 0.6) is 0 Å². The first-order valence-electron chi connectivity index (χ1n) is 6.41. The van der Waals surface area contributed by atoms with Gasteiger partial charge in [-0.1, -0.05) is 28.1 Å². The molecule has 2 N–H and O–H groups in total. The van der Waals surface area contributed by atoms with E-state index in [0.29, 0.717) is 6.54 Å². The van der Waals surface area contributed by atoms with Crippen molar-refractivity contribution in [3.05, 3.63) is 34.3 Å². The second-order valence-corrected chi connectivity index (χ2v) is 6.02. The molecule has 0 saturated carbocycles. The van der Waals surface area contributed by atoms with E-state index in [2.05, 4.69) is 52.0 Å². The van der Waals surface area contributed by atoms with Crippen LogP contribution in [0.1, 0.15) is 12.5 Å². The van der Waals surface area contributed by atoms with Crippen LogP contribution in [0.4, 0.5) is 0 Å². The molecule has 0 radical (unpaired) electrons. The zero-order valence-corrected chi connectivity index (χ0v) is 12.4. The Labute approximate surface area is 117 Å². The Balaban J connectivity index is 2.08. The van der Waals surface area contributed by atoms with Crippen molar-refractivity contribution in [3.63, 3.8) is 0 Å². The molecule has 1 aromatic carbocycles. The van der Waals surface area contributed by atoms with Crippen molar-refractivity contribution in [1.82, 2.24) is 4.90 Å². The molecule has 3 nitrogen and oxygen atoms in total. The molecule has 1 heterocycles. The van der Waals surface area contributed by atoms with Gasteiger partial charge in [-0.2, -0.15) is 0 Å². The summed E-state index contributed by atoms with van der Waals surface area (Å²) < 4.78 is 6.53. The Hall–Kier alpha value is -0.420. The molecule has 100 valence electrons. The first kappa shape index (κ1) is 14.0. The highest BCUT2D eigenvalue weighted by Gasteiger charge is 2.31. The predicted octanol–water partition coefficient (Wildman–Crippen LogP) is 2.04. The van der Waals surface area contributed by atoms with Crippen molar-refractivity contribution in [3.8, 4) is 0 Å². The lowest BCUT2D eigenvalue weighted by Crippen LogP contribution is -2.56. The lowest BCUT2D eigenvalue weighted by atomic mass is 9.90. The van der Waals surface area contributed by atoms with Crippen molar-refractivity contribution in [2.75, 3.05) is 32.8 Å². The van der Waals surface area contributed by atoms with Gasteiger partial charge in [0, 0.05) is 29.6 Å². The van der Waals surface area contributed by atoms with Gasteiger partial charge in [-0.05, 0) is 31.0 Å². The molecule has 4 heteroatoms. The van der Waals surface area contributed by atoms with E-state index in [1.54, 1.807) is 0 Å². The number of hydrogen-bond acceptors (Lipinski definition) is 3. The maximum Gasteiger partial charge on any atom is 0.0594 e. The summed E-state index contributed by atoms with van der Waals surface area (Å²) in [6, 6.07) is 8.51. The summed E-state index contributed by atoms with van der Waals surface area (Å²) in [4.78, 5) is 2.46. The molecule has 1 aliphatic heterocycles. The van der Waals surface area contributed by atoms with Gasteiger partial charge >= 0.3 is 0 Å². The summed E-state index contributed by atoms with van der Waals surface area (Å²) in [7, 11) is 0. The first-order valence-corrected chi connectivity index (χ1v) is 7.21. The van der Waals surface area contributed by atoms with Gasteiger partial charge in [0.1, 0.15) is 0 Å². The molecule has 1 unspecified atom stereocenters. The third-order valence-electron chi connectivity index (χ3n) is 3.71. The second kappa shape index (κ2) is 6.15. The summed E-state index contributed by atoms with van der Waals surface area (Å²) >= 11 is 3.47. The zero-order chi connectivity index (χ0) is 13.0. The highest BCUT2D eigenvalue weighted by atomic mass is 79.9.